The summed E-state index contributed by atoms with van der Waals surface area (Å²) in [5.41, 5.74) is 4.92. The first-order chi connectivity index (χ1) is 13.8. The summed E-state index contributed by atoms with van der Waals surface area (Å²) in [6.45, 7) is 6.77. The molecule has 2 aliphatic rings. The second-order valence-corrected chi connectivity index (χ2v) is 7.71. The smallest absolute Gasteiger partial charge is 0.258 e. The quantitative estimate of drug-likeness (QED) is 0.691. The lowest BCUT2D eigenvalue weighted by molar-refractivity contribution is 0.120. The van der Waals surface area contributed by atoms with Gasteiger partial charge >= 0.3 is 0 Å². The number of hydrogen-bond donors (Lipinski definition) is 2. The van der Waals surface area contributed by atoms with Crippen LogP contribution in [0.2, 0.25) is 0 Å². The van der Waals surface area contributed by atoms with Crippen molar-refractivity contribution in [3.63, 3.8) is 0 Å². The van der Waals surface area contributed by atoms with Crippen molar-refractivity contribution in [1.82, 2.24) is 19.8 Å². The Hall–Kier alpha value is -2.41. The highest BCUT2D eigenvalue weighted by atomic mass is 35.5. The maximum atomic E-state index is 12.3. The fourth-order valence-corrected chi connectivity index (χ4v) is 4.31. The Balaban J connectivity index is 0.00000205. The zero-order chi connectivity index (χ0) is 18.9. The number of hydrogen-bond acceptors (Lipinski definition) is 5. The number of benzene rings is 2. The van der Waals surface area contributed by atoms with E-state index in [-0.39, 0.29) is 18.0 Å². The van der Waals surface area contributed by atoms with Gasteiger partial charge in [0.15, 0.2) is 0 Å². The molecule has 3 aromatic rings. The Morgan fingerprint density at radius 3 is 2.52 bits per heavy atom. The molecule has 0 radical (unpaired) electrons. The van der Waals surface area contributed by atoms with Crippen LogP contribution in [0.5, 0.6) is 0 Å². The summed E-state index contributed by atoms with van der Waals surface area (Å²) in [4.78, 5) is 24.7. The summed E-state index contributed by atoms with van der Waals surface area (Å²) >= 11 is 0. The molecular formula is C22H26ClN5O. The van der Waals surface area contributed by atoms with Crippen molar-refractivity contribution in [2.45, 2.75) is 19.5 Å². The first-order valence-corrected chi connectivity index (χ1v) is 10.0. The minimum absolute atomic E-state index is 0. The van der Waals surface area contributed by atoms with Gasteiger partial charge in [-0.3, -0.25) is 14.6 Å². The van der Waals surface area contributed by atoms with Crippen molar-refractivity contribution in [3.05, 3.63) is 69.8 Å². The van der Waals surface area contributed by atoms with Gasteiger partial charge < -0.3 is 10.3 Å². The number of rotatable bonds is 4. The van der Waals surface area contributed by atoms with Crippen molar-refractivity contribution >= 4 is 29.0 Å². The fraction of sp³-hybridized carbons (Fsp3) is 0.364. The molecule has 0 bridgehead atoms. The molecule has 0 atom stereocenters. The van der Waals surface area contributed by atoms with Crippen LogP contribution in [0.15, 0.2) is 47.3 Å². The predicted octanol–water partition coefficient (Wildman–Crippen LogP) is 2.63. The lowest BCUT2D eigenvalue weighted by atomic mass is 10.1. The maximum Gasteiger partial charge on any atom is 0.258 e. The predicted molar refractivity (Wildman–Crippen MR) is 119 cm³/mol. The Kier molecular flexibility index (Phi) is 5.85. The molecule has 0 amide bonds. The summed E-state index contributed by atoms with van der Waals surface area (Å²) in [5, 5.41) is 4.19. The summed E-state index contributed by atoms with van der Waals surface area (Å²) < 4.78 is 0. The van der Waals surface area contributed by atoms with Crippen LogP contribution >= 0.6 is 12.4 Å². The van der Waals surface area contributed by atoms with Crippen LogP contribution in [0.4, 0.5) is 5.69 Å². The van der Waals surface area contributed by atoms with Crippen molar-refractivity contribution in [2.75, 3.05) is 38.0 Å². The number of aromatic amines is 1. The lowest BCUT2D eigenvalue weighted by Gasteiger charge is -2.34. The molecule has 2 aromatic carbocycles. The van der Waals surface area contributed by atoms with Crippen LogP contribution in [0.1, 0.15) is 17.0 Å². The second-order valence-electron chi connectivity index (χ2n) is 7.71. The molecule has 1 aromatic heterocycles. The van der Waals surface area contributed by atoms with E-state index in [1.54, 1.807) is 0 Å². The Morgan fingerprint density at radius 2 is 1.69 bits per heavy atom. The van der Waals surface area contributed by atoms with E-state index in [0.29, 0.717) is 11.9 Å². The zero-order valence-electron chi connectivity index (χ0n) is 16.4. The van der Waals surface area contributed by atoms with E-state index in [2.05, 4.69) is 43.3 Å². The topological polar surface area (TPSA) is 64.3 Å². The van der Waals surface area contributed by atoms with Gasteiger partial charge in [0.25, 0.3) is 5.56 Å². The summed E-state index contributed by atoms with van der Waals surface area (Å²) in [7, 11) is 0. The third kappa shape index (κ3) is 4.15. The molecule has 0 unspecified atom stereocenters. The van der Waals surface area contributed by atoms with E-state index in [9.17, 15) is 4.79 Å². The van der Waals surface area contributed by atoms with Crippen LogP contribution in [0, 0.1) is 0 Å². The molecule has 0 saturated carbocycles. The standard InChI is InChI=1S/C22H25N5O.ClH/c28-22-18-6-1-2-7-19(18)24-20(25-22)15-27-12-10-26(11-13-27)14-17-5-3-4-16-8-9-23-21(16)17;/h1-7,23H,8-15H2,(H,24,25,28);1H. The van der Waals surface area contributed by atoms with Crippen molar-refractivity contribution in [2.24, 2.45) is 0 Å². The molecule has 2 N–H and O–H groups in total. The van der Waals surface area contributed by atoms with Gasteiger partial charge in [-0.25, -0.2) is 4.98 Å². The molecule has 5 rings (SSSR count). The third-order valence-electron chi connectivity index (χ3n) is 5.83. The zero-order valence-corrected chi connectivity index (χ0v) is 17.2. The number of nitrogens with one attached hydrogen (secondary N) is 2. The van der Waals surface area contributed by atoms with Gasteiger partial charge in [-0.1, -0.05) is 30.3 Å². The highest BCUT2D eigenvalue weighted by Gasteiger charge is 2.20. The summed E-state index contributed by atoms with van der Waals surface area (Å²) in [6.07, 6.45) is 1.13. The molecule has 7 heteroatoms. The van der Waals surface area contributed by atoms with E-state index in [1.807, 2.05) is 24.3 Å². The van der Waals surface area contributed by atoms with E-state index in [1.165, 1.54) is 16.8 Å². The average Bonchev–Trinajstić information content (AvgIpc) is 3.20. The Morgan fingerprint density at radius 1 is 0.931 bits per heavy atom. The van der Waals surface area contributed by atoms with Gasteiger partial charge in [0.05, 0.1) is 17.4 Å². The monoisotopic (exact) mass is 411 g/mol. The molecular weight excluding hydrogens is 386 g/mol. The normalized spacial score (nSPS) is 17.0. The average molecular weight is 412 g/mol. The van der Waals surface area contributed by atoms with Crippen LogP contribution in [0.3, 0.4) is 0 Å². The third-order valence-corrected chi connectivity index (χ3v) is 5.83. The van der Waals surface area contributed by atoms with Crippen LogP contribution in [-0.4, -0.2) is 52.5 Å². The van der Waals surface area contributed by atoms with Gasteiger partial charge in [0, 0.05) is 45.0 Å². The number of piperazine rings is 1. The number of anilines is 1. The first-order valence-electron chi connectivity index (χ1n) is 10.0. The fourth-order valence-electron chi connectivity index (χ4n) is 4.31. The van der Waals surface area contributed by atoms with Crippen LogP contribution in [0.25, 0.3) is 10.9 Å². The second kappa shape index (κ2) is 8.53. The molecule has 3 heterocycles. The molecule has 6 nitrogen and oxygen atoms in total. The molecule has 29 heavy (non-hydrogen) atoms. The number of nitrogens with zero attached hydrogens (tertiary/aromatic N) is 3. The van der Waals surface area contributed by atoms with Crippen molar-refractivity contribution in [1.29, 1.82) is 0 Å². The van der Waals surface area contributed by atoms with E-state index >= 15 is 0 Å². The molecule has 1 saturated heterocycles. The number of para-hydroxylation sites is 2. The summed E-state index contributed by atoms with van der Waals surface area (Å²) in [5.74, 6) is 0.752. The molecule has 2 aliphatic heterocycles. The number of fused-ring (bicyclic) bond motifs is 2. The Labute approximate surface area is 176 Å². The Bertz CT molecular complexity index is 1060. The largest absolute Gasteiger partial charge is 0.384 e. The molecule has 0 spiro atoms. The minimum atomic E-state index is -0.0512. The van der Waals surface area contributed by atoms with Crippen LogP contribution in [-0.2, 0) is 19.5 Å². The van der Waals surface area contributed by atoms with E-state index in [0.717, 1.165) is 57.0 Å². The number of aromatic nitrogens is 2. The van der Waals surface area contributed by atoms with E-state index in [4.69, 9.17) is 0 Å². The highest BCUT2D eigenvalue weighted by Crippen LogP contribution is 2.27. The van der Waals surface area contributed by atoms with Crippen LogP contribution < -0.4 is 10.9 Å². The van der Waals surface area contributed by atoms with Crippen molar-refractivity contribution < 1.29 is 0 Å². The van der Waals surface area contributed by atoms with Gasteiger partial charge in [-0.05, 0) is 29.7 Å². The van der Waals surface area contributed by atoms with Gasteiger partial charge in [-0.15, -0.1) is 12.4 Å². The number of H-pyrrole nitrogens is 1. The summed E-state index contributed by atoms with van der Waals surface area (Å²) in [6, 6.07) is 14.2. The number of halogens is 1. The van der Waals surface area contributed by atoms with Gasteiger partial charge in [0.1, 0.15) is 5.82 Å². The molecule has 152 valence electrons. The van der Waals surface area contributed by atoms with Gasteiger partial charge in [0.2, 0.25) is 0 Å². The van der Waals surface area contributed by atoms with Crippen molar-refractivity contribution in [3.8, 4) is 0 Å². The van der Waals surface area contributed by atoms with E-state index < -0.39 is 0 Å². The van der Waals surface area contributed by atoms with Gasteiger partial charge in [-0.2, -0.15) is 0 Å². The SMILES string of the molecule is Cl.O=c1[nH]c(CN2CCN(Cc3cccc4c3NCC4)CC2)nc2ccccc12. The maximum absolute atomic E-state index is 12.3. The first kappa shape index (κ1) is 19.9. The molecule has 0 aliphatic carbocycles. The highest BCUT2D eigenvalue weighted by molar-refractivity contribution is 5.85. The lowest BCUT2D eigenvalue weighted by Crippen LogP contribution is -2.45. The minimum Gasteiger partial charge on any atom is -0.384 e. The molecule has 1 fully saturated rings.